The van der Waals surface area contributed by atoms with Crippen LogP contribution in [0.5, 0.6) is 0 Å². The number of aromatic amines is 1. The molecule has 0 aliphatic rings. The molecule has 2 nitrogen and oxygen atoms in total. The van der Waals surface area contributed by atoms with E-state index in [4.69, 9.17) is 0 Å². The van der Waals surface area contributed by atoms with E-state index in [0.29, 0.717) is 0 Å². The highest BCUT2D eigenvalue weighted by molar-refractivity contribution is 6.20. The van der Waals surface area contributed by atoms with E-state index in [1.54, 1.807) is 0 Å². The van der Waals surface area contributed by atoms with Gasteiger partial charge in [-0.25, -0.2) is 0 Å². The van der Waals surface area contributed by atoms with Crippen molar-refractivity contribution in [1.82, 2.24) is 9.55 Å². The van der Waals surface area contributed by atoms with Gasteiger partial charge in [0.15, 0.2) is 0 Å². The van der Waals surface area contributed by atoms with E-state index in [9.17, 15) is 0 Å². The van der Waals surface area contributed by atoms with Crippen LogP contribution in [0.4, 0.5) is 0 Å². The number of H-pyrrole nitrogens is 1. The van der Waals surface area contributed by atoms with Crippen molar-refractivity contribution in [2.75, 3.05) is 0 Å². The standard InChI is InChI=1S/C16H14N2/c1-2-18-14-6-4-3-5-12(14)16-11-9-10-17-13(11)7-8-15(16)18/h3-10,17H,2H2,1H3. The Morgan fingerprint density at radius 2 is 1.83 bits per heavy atom. The summed E-state index contributed by atoms with van der Waals surface area (Å²) < 4.78 is 2.39. The summed E-state index contributed by atoms with van der Waals surface area (Å²) in [6, 6.07) is 15.2. The summed E-state index contributed by atoms with van der Waals surface area (Å²) >= 11 is 0. The van der Waals surface area contributed by atoms with Gasteiger partial charge in [-0.15, -0.1) is 0 Å². The first-order valence-corrected chi connectivity index (χ1v) is 6.37. The molecule has 0 radical (unpaired) electrons. The Morgan fingerprint density at radius 3 is 2.72 bits per heavy atom. The fourth-order valence-corrected chi connectivity index (χ4v) is 3.02. The molecule has 2 heterocycles. The van der Waals surface area contributed by atoms with Crippen LogP contribution in [0.3, 0.4) is 0 Å². The van der Waals surface area contributed by atoms with Gasteiger partial charge in [-0.3, -0.25) is 0 Å². The Balaban J connectivity index is 2.39. The molecule has 4 rings (SSSR count). The molecule has 2 heteroatoms. The maximum absolute atomic E-state index is 3.29. The lowest BCUT2D eigenvalue weighted by molar-refractivity contribution is 0.827. The monoisotopic (exact) mass is 234 g/mol. The quantitative estimate of drug-likeness (QED) is 0.507. The molecule has 4 aromatic rings. The van der Waals surface area contributed by atoms with Gasteiger partial charge in [0, 0.05) is 45.5 Å². The van der Waals surface area contributed by atoms with Crippen LogP contribution in [-0.4, -0.2) is 9.55 Å². The second-order valence-corrected chi connectivity index (χ2v) is 4.66. The van der Waals surface area contributed by atoms with Gasteiger partial charge in [-0.05, 0) is 31.2 Å². The van der Waals surface area contributed by atoms with Gasteiger partial charge < -0.3 is 9.55 Å². The van der Waals surface area contributed by atoms with E-state index >= 15 is 0 Å². The van der Waals surface area contributed by atoms with Crippen LogP contribution in [-0.2, 0) is 6.54 Å². The normalized spacial score (nSPS) is 11.8. The molecule has 0 atom stereocenters. The number of fused-ring (bicyclic) bond motifs is 5. The molecule has 0 amide bonds. The molecule has 0 aliphatic carbocycles. The number of para-hydroxylation sites is 1. The third-order valence-electron chi connectivity index (χ3n) is 3.78. The lowest BCUT2D eigenvalue weighted by Gasteiger charge is -2.02. The van der Waals surface area contributed by atoms with Crippen LogP contribution in [0.25, 0.3) is 32.7 Å². The summed E-state index contributed by atoms with van der Waals surface area (Å²) in [5, 5.41) is 4.03. The molecule has 0 aliphatic heterocycles. The van der Waals surface area contributed by atoms with Crippen molar-refractivity contribution < 1.29 is 0 Å². The van der Waals surface area contributed by atoms with Crippen molar-refractivity contribution in [1.29, 1.82) is 0 Å². The number of nitrogens with one attached hydrogen (secondary N) is 1. The number of hydrogen-bond acceptors (Lipinski definition) is 0. The Labute approximate surface area is 105 Å². The van der Waals surface area contributed by atoms with Gasteiger partial charge in [0.25, 0.3) is 0 Å². The van der Waals surface area contributed by atoms with Gasteiger partial charge in [-0.1, -0.05) is 18.2 Å². The Bertz CT molecular complexity index is 865. The predicted molar refractivity (Wildman–Crippen MR) is 77.0 cm³/mol. The van der Waals surface area contributed by atoms with Crippen LogP contribution in [0, 0.1) is 0 Å². The van der Waals surface area contributed by atoms with Gasteiger partial charge in [0.1, 0.15) is 0 Å². The molecule has 0 saturated heterocycles. The van der Waals surface area contributed by atoms with E-state index in [1.165, 1.54) is 32.7 Å². The third kappa shape index (κ3) is 1.07. The highest BCUT2D eigenvalue weighted by Gasteiger charge is 2.11. The van der Waals surface area contributed by atoms with Gasteiger partial charge in [0.05, 0.1) is 0 Å². The number of nitrogens with zero attached hydrogens (tertiary/aromatic N) is 1. The molecule has 0 spiro atoms. The van der Waals surface area contributed by atoms with E-state index in [2.05, 4.69) is 58.9 Å². The number of aromatic nitrogens is 2. The first kappa shape index (κ1) is 9.77. The molecule has 0 saturated carbocycles. The zero-order valence-electron chi connectivity index (χ0n) is 10.3. The van der Waals surface area contributed by atoms with Gasteiger partial charge in [0.2, 0.25) is 0 Å². The first-order chi connectivity index (χ1) is 8.90. The minimum atomic E-state index is 1.000. The summed E-state index contributed by atoms with van der Waals surface area (Å²) in [6.45, 7) is 3.20. The SMILES string of the molecule is CCn1c2ccccc2c2c3cc[nH]c3ccc21. The minimum absolute atomic E-state index is 1.000. The molecule has 88 valence electrons. The highest BCUT2D eigenvalue weighted by atomic mass is 15.0. The van der Waals surface area contributed by atoms with Crippen molar-refractivity contribution in [3.05, 3.63) is 48.7 Å². The number of rotatable bonds is 1. The maximum atomic E-state index is 3.29. The summed E-state index contributed by atoms with van der Waals surface area (Å²) in [5.74, 6) is 0. The molecule has 0 unspecified atom stereocenters. The lowest BCUT2D eigenvalue weighted by Crippen LogP contribution is -1.92. The van der Waals surface area contributed by atoms with Crippen molar-refractivity contribution in [3.63, 3.8) is 0 Å². The van der Waals surface area contributed by atoms with E-state index in [-0.39, 0.29) is 0 Å². The van der Waals surface area contributed by atoms with Crippen molar-refractivity contribution in [2.24, 2.45) is 0 Å². The number of aryl methyl sites for hydroxylation is 1. The second-order valence-electron chi connectivity index (χ2n) is 4.66. The number of hydrogen-bond donors (Lipinski definition) is 1. The lowest BCUT2D eigenvalue weighted by atomic mass is 10.1. The molecule has 18 heavy (non-hydrogen) atoms. The molecule has 2 aromatic heterocycles. The van der Waals surface area contributed by atoms with Crippen LogP contribution in [0.15, 0.2) is 48.7 Å². The van der Waals surface area contributed by atoms with Crippen LogP contribution >= 0.6 is 0 Å². The molecule has 1 N–H and O–H groups in total. The second kappa shape index (κ2) is 3.39. The van der Waals surface area contributed by atoms with Crippen molar-refractivity contribution >= 4 is 32.7 Å². The predicted octanol–water partition coefficient (Wildman–Crippen LogP) is 4.30. The van der Waals surface area contributed by atoms with Crippen LogP contribution in [0.1, 0.15) is 6.92 Å². The van der Waals surface area contributed by atoms with Crippen LogP contribution in [0.2, 0.25) is 0 Å². The van der Waals surface area contributed by atoms with E-state index in [1.807, 2.05) is 6.20 Å². The van der Waals surface area contributed by atoms with Crippen molar-refractivity contribution in [2.45, 2.75) is 13.5 Å². The van der Waals surface area contributed by atoms with Crippen LogP contribution < -0.4 is 0 Å². The highest BCUT2D eigenvalue weighted by Crippen LogP contribution is 2.34. The smallest absolute Gasteiger partial charge is 0.0498 e. The Morgan fingerprint density at radius 1 is 0.944 bits per heavy atom. The number of benzene rings is 2. The minimum Gasteiger partial charge on any atom is -0.361 e. The molecular formula is C16H14N2. The zero-order valence-corrected chi connectivity index (χ0v) is 10.3. The fraction of sp³-hybridized carbons (Fsp3) is 0.125. The maximum Gasteiger partial charge on any atom is 0.0498 e. The largest absolute Gasteiger partial charge is 0.361 e. The average molecular weight is 234 g/mol. The summed E-state index contributed by atoms with van der Waals surface area (Å²) in [4.78, 5) is 3.29. The molecular weight excluding hydrogens is 220 g/mol. The Hall–Kier alpha value is -2.22. The fourth-order valence-electron chi connectivity index (χ4n) is 3.02. The first-order valence-electron chi connectivity index (χ1n) is 6.37. The molecule has 2 aromatic carbocycles. The van der Waals surface area contributed by atoms with E-state index in [0.717, 1.165) is 6.54 Å². The molecule has 0 bridgehead atoms. The Kier molecular flexibility index (Phi) is 1.84. The summed E-state index contributed by atoms with van der Waals surface area (Å²) in [6.07, 6.45) is 2.02. The zero-order chi connectivity index (χ0) is 12.1. The summed E-state index contributed by atoms with van der Waals surface area (Å²) in [5.41, 5.74) is 3.86. The van der Waals surface area contributed by atoms with Gasteiger partial charge >= 0.3 is 0 Å². The van der Waals surface area contributed by atoms with E-state index < -0.39 is 0 Å². The molecule has 0 fully saturated rings. The summed E-state index contributed by atoms with van der Waals surface area (Å²) in [7, 11) is 0. The van der Waals surface area contributed by atoms with Gasteiger partial charge in [-0.2, -0.15) is 0 Å². The average Bonchev–Trinajstić information content (AvgIpc) is 2.99. The topological polar surface area (TPSA) is 20.7 Å². The third-order valence-corrected chi connectivity index (χ3v) is 3.78. The van der Waals surface area contributed by atoms with Crippen molar-refractivity contribution in [3.8, 4) is 0 Å².